The number of nitro groups is 1. The Balaban J connectivity index is 2.98. The molecule has 16 heavy (non-hydrogen) atoms. The van der Waals surface area contributed by atoms with Crippen molar-refractivity contribution in [3.05, 3.63) is 45.7 Å². The van der Waals surface area contributed by atoms with Crippen LogP contribution in [0.25, 0.3) is 6.08 Å². The van der Waals surface area contributed by atoms with E-state index in [9.17, 15) is 14.9 Å². The van der Waals surface area contributed by atoms with Crippen LogP contribution < -0.4 is 0 Å². The van der Waals surface area contributed by atoms with E-state index in [0.29, 0.717) is 5.56 Å². The standard InChI is InChI=1S/C11H11NO4/c1-8(13)11(16-2)7-9-3-5-10(6-4-9)12(14)15/h3-7H,1-2H3/b11-7-. The number of nitrogens with zero attached hydrogens (tertiary/aromatic N) is 1. The molecule has 1 aromatic rings. The first kappa shape index (κ1) is 11.9. The van der Waals surface area contributed by atoms with Crippen LogP contribution >= 0.6 is 0 Å². The van der Waals surface area contributed by atoms with E-state index in [-0.39, 0.29) is 17.2 Å². The third-order valence-corrected chi connectivity index (χ3v) is 1.97. The number of non-ortho nitro benzene ring substituents is 1. The second-order valence-corrected chi connectivity index (χ2v) is 3.12. The predicted octanol–water partition coefficient (Wildman–Crippen LogP) is 2.17. The van der Waals surface area contributed by atoms with Crippen LogP contribution in [0.15, 0.2) is 30.0 Å². The lowest BCUT2D eigenvalue weighted by Gasteiger charge is -2.01. The smallest absolute Gasteiger partial charge is 0.269 e. The number of allylic oxidation sites excluding steroid dienone is 1. The van der Waals surface area contributed by atoms with Crippen molar-refractivity contribution in [3.8, 4) is 0 Å². The van der Waals surface area contributed by atoms with Crippen molar-refractivity contribution < 1.29 is 14.5 Å². The molecule has 0 atom stereocenters. The van der Waals surface area contributed by atoms with Crippen LogP contribution in [0.4, 0.5) is 5.69 Å². The molecule has 84 valence electrons. The second kappa shape index (κ2) is 5.06. The molecule has 0 spiro atoms. The van der Waals surface area contributed by atoms with Crippen molar-refractivity contribution in [2.24, 2.45) is 0 Å². The first-order chi connectivity index (χ1) is 7.54. The first-order valence-electron chi connectivity index (χ1n) is 4.55. The van der Waals surface area contributed by atoms with E-state index in [1.807, 2.05) is 0 Å². The minimum atomic E-state index is -0.476. The number of ether oxygens (including phenoxy) is 1. The summed E-state index contributed by atoms with van der Waals surface area (Å²) in [7, 11) is 1.40. The van der Waals surface area contributed by atoms with E-state index in [1.54, 1.807) is 12.1 Å². The Morgan fingerprint density at radius 2 is 1.94 bits per heavy atom. The Morgan fingerprint density at radius 3 is 2.31 bits per heavy atom. The number of Topliss-reactive ketones (excluding diaryl/α,β-unsaturated/α-hetero) is 1. The number of carbonyl (C=O) groups is 1. The highest BCUT2D eigenvalue weighted by atomic mass is 16.6. The average molecular weight is 221 g/mol. The van der Waals surface area contributed by atoms with Crippen molar-refractivity contribution in [3.63, 3.8) is 0 Å². The maximum Gasteiger partial charge on any atom is 0.269 e. The number of benzene rings is 1. The highest BCUT2D eigenvalue weighted by Gasteiger charge is 2.05. The van der Waals surface area contributed by atoms with Gasteiger partial charge in [0.1, 0.15) is 0 Å². The average Bonchev–Trinajstić information content (AvgIpc) is 2.26. The summed E-state index contributed by atoms with van der Waals surface area (Å²) >= 11 is 0. The molecule has 0 fully saturated rings. The Morgan fingerprint density at radius 1 is 1.38 bits per heavy atom. The number of rotatable bonds is 4. The molecule has 0 amide bonds. The second-order valence-electron chi connectivity index (χ2n) is 3.12. The van der Waals surface area contributed by atoms with E-state index in [4.69, 9.17) is 4.74 Å². The molecule has 1 rings (SSSR count). The van der Waals surface area contributed by atoms with Crippen LogP contribution in [0, 0.1) is 10.1 Å². The van der Waals surface area contributed by atoms with Gasteiger partial charge in [-0.2, -0.15) is 0 Å². The van der Waals surface area contributed by atoms with Gasteiger partial charge in [-0.15, -0.1) is 0 Å². The molecule has 5 heteroatoms. The summed E-state index contributed by atoms with van der Waals surface area (Å²) in [6, 6.07) is 5.86. The molecule has 0 aliphatic carbocycles. The number of ketones is 1. The van der Waals surface area contributed by atoms with Gasteiger partial charge in [-0.25, -0.2) is 0 Å². The number of carbonyl (C=O) groups excluding carboxylic acids is 1. The Bertz CT molecular complexity index is 434. The number of hydrogen-bond acceptors (Lipinski definition) is 4. The molecule has 0 aliphatic heterocycles. The highest BCUT2D eigenvalue weighted by Crippen LogP contribution is 2.14. The molecule has 0 aromatic heterocycles. The SMILES string of the molecule is CO/C(=C\c1ccc([N+](=O)[O-])cc1)C(C)=O. The van der Waals surface area contributed by atoms with E-state index >= 15 is 0 Å². The monoisotopic (exact) mass is 221 g/mol. The molecule has 1 aromatic carbocycles. The molecule has 0 unspecified atom stereocenters. The zero-order chi connectivity index (χ0) is 12.1. The van der Waals surface area contributed by atoms with Crippen LogP contribution in [-0.4, -0.2) is 17.8 Å². The van der Waals surface area contributed by atoms with Crippen LogP contribution in [0.1, 0.15) is 12.5 Å². The lowest BCUT2D eigenvalue weighted by atomic mass is 10.1. The lowest BCUT2D eigenvalue weighted by Crippen LogP contribution is -1.98. The molecular formula is C11H11NO4. The van der Waals surface area contributed by atoms with Crippen LogP contribution in [0.3, 0.4) is 0 Å². The zero-order valence-electron chi connectivity index (χ0n) is 8.97. The number of methoxy groups -OCH3 is 1. The molecular weight excluding hydrogens is 210 g/mol. The fourth-order valence-corrected chi connectivity index (χ4v) is 1.15. The summed E-state index contributed by atoms with van der Waals surface area (Å²) in [5.74, 6) is 0.0229. The molecule has 0 N–H and O–H groups in total. The number of nitro benzene ring substituents is 1. The van der Waals surface area contributed by atoms with Gasteiger partial charge in [0.05, 0.1) is 12.0 Å². The minimum absolute atomic E-state index is 0.0129. The molecule has 0 aliphatic rings. The van der Waals surface area contributed by atoms with Gasteiger partial charge in [0.25, 0.3) is 5.69 Å². The van der Waals surface area contributed by atoms with Crippen LogP contribution in [0.2, 0.25) is 0 Å². The maximum absolute atomic E-state index is 11.1. The summed E-state index contributed by atoms with van der Waals surface area (Å²) in [5, 5.41) is 10.4. The van der Waals surface area contributed by atoms with Crippen LogP contribution in [-0.2, 0) is 9.53 Å². The quantitative estimate of drug-likeness (QED) is 0.338. The molecule has 0 saturated carbocycles. The Labute approximate surface area is 92.5 Å². The summed E-state index contributed by atoms with van der Waals surface area (Å²) in [5.41, 5.74) is 0.691. The summed E-state index contributed by atoms with van der Waals surface area (Å²) < 4.78 is 4.87. The fraction of sp³-hybridized carbons (Fsp3) is 0.182. The third-order valence-electron chi connectivity index (χ3n) is 1.97. The Hall–Kier alpha value is -2.17. The van der Waals surface area contributed by atoms with Gasteiger partial charge in [0.15, 0.2) is 11.5 Å². The van der Waals surface area contributed by atoms with Gasteiger partial charge >= 0.3 is 0 Å². The first-order valence-corrected chi connectivity index (χ1v) is 4.55. The Kier molecular flexibility index (Phi) is 3.77. The third kappa shape index (κ3) is 2.91. The topological polar surface area (TPSA) is 69.4 Å². The highest BCUT2D eigenvalue weighted by molar-refractivity contribution is 5.95. The largest absolute Gasteiger partial charge is 0.493 e. The van der Waals surface area contributed by atoms with E-state index in [0.717, 1.165) is 0 Å². The molecule has 0 heterocycles. The summed E-state index contributed by atoms with van der Waals surface area (Å²) in [6.45, 7) is 1.39. The molecule has 5 nitrogen and oxygen atoms in total. The van der Waals surface area contributed by atoms with Gasteiger partial charge in [0, 0.05) is 19.1 Å². The molecule has 0 radical (unpaired) electrons. The van der Waals surface area contributed by atoms with Crippen molar-refractivity contribution >= 4 is 17.5 Å². The summed E-state index contributed by atoms with van der Waals surface area (Å²) in [6.07, 6.45) is 1.53. The van der Waals surface area contributed by atoms with Crippen molar-refractivity contribution in [2.75, 3.05) is 7.11 Å². The minimum Gasteiger partial charge on any atom is -0.493 e. The molecule has 0 bridgehead atoms. The fourth-order valence-electron chi connectivity index (χ4n) is 1.15. The van der Waals surface area contributed by atoms with Crippen molar-refractivity contribution in [1.29, 1.82) is 0 Å². The summed E-state index contributed by atoms with van der Waals surface area (Å²) in [4.78, 5) is 21.0. The van der Waals surface area contributed by atoms with Gasteiger partial charge in [-0.05, 0) is 23.8 Å². The van der Waals surface area contributed by atoms with Gasteiger partial charge in [-0.1, -0.05) is 0 Å². The van der Waals surface area contributed by atoms with Crippen molar-refractivity contribution in [2.45, 2.75) is 6.92 Å². The normalized spacial score (nSPS) is 11.0. The molecule has 0 saturated heterocycles. The maximum atomic E-state index is 11.1. The van der Waals surface area contributed by atoms with E-state index in [1.165, 1.54) is 32.2 Å². The predicted molar refractivity (Wildman–Crippen MR) is 58.8 cm³/mol. The van der Waals surface area contributed by atoms with Crippen molar-refractivity contribution in [1.82, 2.24) is 0 Å². The van der Waals surface area contributed by atoms with E-state index < -0.39 is 4.92 Å². The van der Waals surface area contributed by atoms with Crippen LogP contribution in [0.5, 0.6) is 0 Å². The van der Waals surface area contributed by atoms with Gasteiger partial charge in [-0.3, -0.25) is 14.9 Å². The van der Waals surface area contributed by atoms with Gasteiger partial charge in [0.2, 0.25) is 0 Å². The number of hydrogen-bond donors (Lipinski definition) is 0. The van der Waals surface area contributed by atoms with E-state index in [2.05, 4.69) is 0 Å². The zero-order valence-corrected chi connectivity index (χ0v) is 8.97. The van der Waals surface area contributed by atoms with Gasteiger partial charge < -0.3 is 4.74 Å². The lowest BCUT2D eigenvalue weighted by molar-refractivity contribution is -0.384.